The van der Waals surface area contributed by atoms with Gasteiger partial charge in [-0.1, -0.05) is 12.1 Å². The van der Waals surface area contributed by atoms with Gasteiger partial charge in [-0.3, -0.25) is 9.59 Å². The van der Waals surface area contributed by atoms with Gasteiger partial charge in [0.2, 0.25) is 0 Å². The number of rotatable bonds is 6. The minimum atomic E-state index is -0.326. The van der Waals surface area contributed by atoms with Crippen LogP contribution in [0.25, 0.3) is 16.7 Å². The number of hydrogen-bond donors (Lipinski definition) is 2. The second-order valence-electron chi connectivity index (χ2n) is 6.30. The quantitative estimate of drug-likeness (QED) is 0.510. The summed E-state index contributed by atoms with van der Waals surface area (Å²) in [5.41, 5.74) is 1.62. The van der Waals surface area contributed by atoms with Gasteiger partial charge >= 0.3 is 0 Å². The first kappa shape index (κ1) is 19.2. The molecule has 152 valence electrons. The van der Waals surface area contributed by atoms with Crippen molar-refractivity contribution in [1.29, 1.82) is 0 Å². The van der Waals surface area contributed by atoms with Crippen molar-refractivity contribution in [1.82, 2.24) is 19.7 Å². The molecule has 0 aliphatic rings. The first-order valence-electron chi connectivity index (χ1n) is 9.25. The van der Waals surface area contributed by atoms with E-state index in [9.17, 15) is 9.59 Å². The van der Waals surface area contributed by atoms with Crippen molar-refractivity contribution in [3.8, 4) is 17.2 Å². The molecule has 0 radical (unpaired) electrons. The molecule has 1 amide bonds. The lowest BCUT2D eigenvalue weighted by Crippen LogP contribution is -2.15. The third kappa shape index (κ3) is 3.48. The van der Waals surface area contributed by atoms with Gasteiger partial charge < -0.3 is 19.8 Å². The second kappa shape index (κ2) is 8.08. The number of nitrogens with zero attached hydrogens (tertiary/aromatic N) is 3. The number of para-hydroxylation sites is 2. The molecule has 2 heterocycles. The number of carbonyl (C=O) groups excluding carboxylic acids is 1. The number of hydrogen-bond acceptors (Lipinski definition) is 6. The Balaban J connectivity index is 1.70. The van der Waals surface area contributed by atoms with Gasteiger partial charge in [0.1, 0.15) is 5.39 Å². The zero-order chi connectivity index (χ0) is 21.1. The van der Waals surface area contributed by atoms with E-state index in [0.29, 0.717) is 46.1 Å². The summed E-state index contributed by atoms with van der Waals surface area (Å²) >= 11 is 0. The Kier molecular flexibility index (Phi) is 5.17. The highest BCUT2D eigenvalue weighted by Crippen LogP contribution is 2.29. The predicted molar refractivity (Wildman–Crippen MR) is 112 cm³/mol. The van der Waals surface area contributed by atoms with E-state index < -0.39 is 0 Å². The maximum Gasteiger partial charge on any atom is 0.261 e. The van der Waals surface area contributed by atoms with E-state index in [1.54, 1.807) is 43.5 Å². The molecule has 9 heteroatoms. The lowest BCUT2D eigenvalue weighted by Gasteiger charge is -2.13. The molecule has 0 bridgehead atoms. The molecule has 2 aromatic carbocycles. The Morgan fingerprint density at radius 2 is 2.03 bits per heavy atom. The van der Waals surface area contributed by atoms with E-state index in [2.05, 4.69) is 20.4 Å². The topological polar surface area (TPSA) is 111 Å². The number of amides is 1. The van der Waals surface area contributed by atoms with E-state index >= 15 is 0 Å². The molecular formula is C21H19N5O4. The van der Waals surface area contributed by atoms with Crippen molar-refractivity contribution in [2.45, 2.75) is 6.92 Å². The van der Waals surface area contributed by atoms with Crippen molar-refractivity contribution in [3.63, 3.8) is 0 Å². The molecule has 0 fully saturated rings. The van der Waals surface area contributed by atoms with Gasteiger partial charge in [-0.25, -0.2) is 9.67 Å². The van der Waals surface area contributed by atoms with E-state index in [1.165, 1.54) is 17.2 Å². The number of H-pyrrole nitrogens is 1. The zero-order valence-electron chi connectivity index (χ0n) is 16.4. The van der Waals surface area contributed by atoms with E-state index in [-0.39, 0.29) is 11.5 Å². The Morgan fingerprint density at radius 1 is 1.20 bits per heavy atom. The molecule has 0 saturated carbocycles. The van der Waals surface area contributed by atoms with Crippen molar-refractivity contribution >= 4 is 22.6 Å². The lowest BCUT2D eigenvalue weighted by atomic mass is 10.1. The van der Waals surface area contributed by atoms with Gasteiger partial charge in [-0.15, -0.1) is 0 Å². The number of methoxy groups -OCH3 is 1. The van der Waals surface area contributed by atoms with Crippen LogP contribution in [0.15, 0.2) is 59.8 Å². The molecule has 4 aromatic rings. The molecule has 0 saturated heterocycles. The highest BCUT2D eigenvalue weighted by atomic mass is 16.5. The minimum absolute atomic E-state index is 0.283. The van der Waals surface area contributed by atoms with Gasteiger partial charge in [-0.2, -0.15) is 5.10 Å². The Hall–Kier alpha value is -4.14. The number of benzene rings is 2. The van der Waals surface area contributed by atoms with Crippen LogP contribution in [0.3, 0.4) is 0 Å². The standard InChI is InChI=1S/C21H19N5O4/c1-3-30-18-10-13(8-9-17(18)29-2)20(27)25-15-6-4-5-7-16(15)26-19-14(11-24-26)21(28)23-12-22-19/h4-12H,3H2,1-2H3,(H,25,27)(H,22,23,28). The molecule has 2 N–H and O–H groups in total. The Labute approximate surface area is 171 Å². The first-order chi connectivity index (χ1) is 14.6. The van der Waals surface area contributed by atoms with E-state index in [1.807, 2.05) is 13.0 Å². The number of anilines is 1. The monoisotopic (exact) mass is 405 g/mol. The second-order valence-corrected chi connectivity index (χ2v) is 6.30. The summed E-state index contributed by atoms with van der Waals surface area (Å²) in [5.74, 6) is 0.712. The van der Waals surface area contributed by atoms with Gasteiger partial charge in [0.25, 0.3) is 11.5 Å². The smallest absolute Gasteiger partial charge is 0.261 e. The number of carbonyl (C=O) groups is 1. The number of fused-ring (bicyclic) bond motifs is 1. The van der Waals surface area contributed by atoms with E-state index in [4.69, 9.17) is 9.47 Å². The fourth-order valence-electron chi connectivity index (χ4n) is 3.08. The summed E-state index contributed by atoms with van der Waals surface area (Å²) in [5, 5.41) is 7.52. The van der Waals surface area contributed by atoms with Gasteiger partial charge in [0.05, 0.1) is 37.6 Å². The molecule has 0 atom stereocenters. The fraction of sp³-hybridized carbons (Fsp3) is 0.143. The maximum atomic E-state index is 12.9. The predicted octanol–water partition coefficient (Wildman–Crippen LogP) is 2.77. The third-order valence-electron chi connectivity index (χ3n) is 4.48. The third-order valence-corrected chi connectivity index (χ3v) is 4.48. The van der Waals surface area contributed by atoms with Gasteiger partial charge in [0, 0.05) is 5.56 Å². The molecule has 2 aromatic heterocycles. The number of aromatic amines is 1. The molecule has 4 rings (SSSR count). The molecular weight excluding hydrogens is 386 g/mol. The molecule has 0 aliphatic carbocycles. The minimum Gasteiger partial charge on any atom is -0.493 e. The van der Waals surface area contributed by atoms with Crippen LogP contribution < -0.4 is 20.3 Å². The highest BCUT2D eigenvalue weighted by molar-refractivity contribution is 6.05. The van der Waals surface area contributed by atoms with Crippen molar-refractivity contribution in [3.05, 3.63) is 70.9 Å². The fourth-order valence-corrected chi connectivity index (χ4v) is 3.08. The van der Waals surface area contributed by atoms with Gasteiger partial charge in [-0.05, 0) is 37.3 Å². The Bertz CT molecular complexity index is 1280. The molecule has 0 unspecified atom stereocenters. The first-order valence-corrected chi connectivity index (χ1v) is 9.25. The van der Waals surface area contributed by atoms with Crippen LogP contribution in [0, 0.1) is 0 Å². The van der Waals surface area contributed by atoms with Crippen molar-refractivity contribution in [2.75, 3.05) is 19.0 Å². The van der Waals surface area contributed by atoms with Crippen LogP contribution >= 0.6 is 0 Å². The molecule has 9 nitrogen and oxygen atoms in total. The summed E-state index contributed by atoms with van der Waals surface area (Å²) in [6.45, 7) is 2.30. The summed E-state index contributed by atoms with van der Waals surface area (Å²) in [7, 11) is 1.54. The van der Waals surface area contributed by atoms with Crippen LogP contribution in [0.4, 0.5) is 5.69 Å². The number of aromatic nitrogens is 4. The van der Waals surface area contributed by atoms with Crippen molar-refractivity contribution in [2.24, 2.45) is 0 Å². The summed E-state index contributed by atoms with van der Waals surface area (Å²) < 4.78 is 12.3. The Morgan fingerprint density at radius 3 is 2.83 bits per heavy atom. The largest absolute Gasteiger partial charge is 0.493 e. The van der Waals surface area contributed by atoms with Crippen LogP contribution in [-0.4, -0.2) is 39.4 Å². The molecule has 0 spiro atoms. The van der Waals surface area contributed by atoms with Crippen LogP contribution in [0.5, 0.6) is 11.5 Å². The van der Waals surface area contributed by atoms with Crippen LogP contribution in [-0.2, 0) is 0 Å². The normalized spacial score (nSPS) is 10.7. The van der Waals surface area contributed by atoms with Crippen LogP contribution in [0.1, 0.15) is 17.3 Å². The number of ether oxygens (including phenoxy) is 2. The molecule has 30 heavy (non-hydrogen) atoms. The summed E-state index contributed by atoms with van der Waals surface area (Å²) in [4.78, 5) is 31.6. The lowest BCUT2D eigenvalue weighted by molar-refractivity contribution is 0.102. The number of nitrogens with one attached hydrogen (secondary N) is 2. The zero-order valence-corrected chi connectivity index (χ0v) is 16.4. The van der Waals surface area contributed by atoms with Gasteiger partial charge in [0.15, 0.2) is 17.1 Å². The average molecular weight is 405 g/mol. The maximum absolute atomic E-state index is 12.9. The summed E-state index contributed by atoms with van der Waals surface area (Å²) in [6, 6.07) is 12.1. The molecule has 0 aliphatic heterocycles. The summed E-state index contributed by atoms with van der Waals surface area (Å²) in [6.07, 6.45) is 2.76. The SMILES string of the molecule is CCOc1cc(C(=O)Nc2ccccc2-n2ncc3c(=O)[nH]cnc32)ccc1OC. The van der Waals surface area contributed by atoms with Crippen LogP contribution in [0.2, 0.25) is 0 Å². The highest BCUT2D eigenvalue weighted by Gasteiger charge is 2.16. The van der Waals surface area contributed by atoms with Crippen molar-refractivity contribution < 1.29 is 14.3 Å². The van der Waals surface area contributed by atoms with E-state index in [0.717, 1.165) is 0 Å². The average Bonchev–Trinajstić information content (AvgIpc) is 3.19.